The van der Waals surface area contributed by atoms with E-state index < -0.39 is 15.8 Å². The molecule has 0 aliphatic carbocycles. The Hall–Kier alpha value is -2.90. The number of rotatable bonds is 5. The topological polar surface area (TPSA) is 75.3 Å². The lowest BCUT2D eigenvalue weighted by atomic mass is 10.2. The Balaban J connectivity index is 1.72. The van der Waals surface area contributed by atoms with Gasteiger partial charge in [0.05, 0.1) is 15.6 Å². The van der Waals surface area contributed by atoms with Crippen LogP contribution in [0.1, 0.15) is 15.9 Å². The van der Waals surface area contributed by atoms with Crippen LogP contribution in [-0.2, 0) is 10.0 Å². The van der Waals surface area contributed by atoms with Crippen molar-refractivity contribution in [3.63, 3.8) is 0 Å². The fourth-order valence-electron chi connectivity index (χ4n) is 2.43. The summed E-state index contributed by atoms with van der Waals surface area (Å²) < 4.78 is 40.0. The van der Waals surface area contributed by atoms with Gasteiger partial charge in [-0.15, -0.1) is 0 Å². The molecule has 0 saturated heterocycles. The first kappa shape index (κ1) is 19.9. The van der Waals surface area contributed by atoms with Crippen LogP contribution >= 0.6 is 11.6 Å². The predicted molar refractivity (Wildman–Crippen MR) is 108 cm³/mol. The minimum Gasteiger partial charge on any atom is -0.321 e. The van der Waals surface area contributed by atoms with E-state index in [1.54, 1.807) is 12.1 Å². The van der Waals surface area contributed by atoms with E-state index in [1.165, 1.54) is 36.4 Å². The predicted octanol–water partition coefficient (Wildman–Crippen LogP) is 4.84. The van der Waals surface area contributed by atoms with Crippen molar-refractivity contribution in [1.29, 1.82) is 0 Å². The fourth-order valence-corrected chi connectivity index (χ4v) is 3.77. The van der Waals surface area contributed by atoms with Gasteiger partial charge in [-0.25, -0.2) is 12.8 Å². The zero-order valence-corrected chi connectivity index (χ0v) is 16.3. The third-order valence-corrected chi connectivity index (χ3v) is 5.61. The number of hydrogen-bond acceptors (Lipinski definition) is 3. The maximum atomic E-state index is 13.0. The summed E-state index contributed by atoms with van der Waals surface area (Å²) in [4.78, 5) is 12.3. The number of nitrogens with one attached hydrogen (secondary N) is 2. The van der Waals surface area contributed by atoms with Crippen molar-refractivity contribution in [2.45, 2.75) is 11.8 Å². The summed E-state index contributed by atoms with van der Waals surface area (Å²) >= 11 is 6.11. The van der Waals surface area contributed by atoms with Crippen molar-refractivity contribution < 1.29 is 17.6 Å². The van der Waals surface area contributed by atoms with Gasteiger partial charge < -0.3 is 5.32 Å². The van der Waals surface area contributed by atoms with E-state index in [0.717, 1.165) is 17.7 Å². The van der Waals surface area contributed by atoms with Gasteiger partial charge in [0, 0.05) is 11.3 Å². The number of amides is 1. The second-order valence-corrected chi connectivity index (χ2v) is 8.16. The molecule has 0 fully saturated rings. The third-order valence-electron chi connectivity index (χ3n) is 3.90. The molecule has 0 aliphatic rings. The van der Waals surface area contributed by atoms with Crippen LogP contribution in [0.2, 0.25) is 5.02 Å². The van der Waals surface area contributed by atoms with Gasteiger partial charge in [0.15, 0.2) is 0 Å². The Morgan fingerprint density at radius 1 is 0.964 bits per heavy atom. The number of hydrogen-bond donors (Lipinski definition) is 2. The number of halogens is 2. The van der Waals surface area contributed by atoms with E-state index >= 15 is 0 Å². The molecule has 1 amide bonds. The fraction of sp³-hybridized carbons (Fsp3) is 0.0500. The van der Waals surface area contributed by atoms with E-state index in [0.29, 0.717) is 16.3 Å². The molecule has 28 heavy (non-hydrogen) atoms. The molecular weight excluding hydrogens is 403 g/mol. The summed E-state index contributed by atoms with van der Waals surface area (Å²) in [7, 11) is -3.86. The lowest BCUT2D eigenvalue weighted by molar-refractivity contribution is 0.102. The number of sulfonamides is 1. The summed E-state index contributed by atoms with van der Waals surface area (Å²) in [6.07, 6.45) is 0. The van der Waals surface area contributed by atoms with Crippen molar-refractivity contribution in [1.82, 2.24) is 0 Å². The van der Waals surface area contributed by atoms with Crippen LogP contribution in [0, 0.1) is 12.7 Å². The minimum atomic E-state index is -3.86. The van der Waals surface area contributed by atoms with Crippen molar-refractivity contribution in [2.24, 2.45) is 0 Å². The first-order valence-corrected chi connectivity index (χ1v) is 10.1. The SMILES string of the molecule is Cc1ccc(NC(=O)c2ccc(NS(=O)(=O)c3ccc(F)cc3)cc2)c(Cl)c1. The monoisotopic (exact) mass is 418 g/mol. The first-order valence-electron chi connectivity index (χ1n) is 8.20. The average molecular weight is 419 g/mol. The van der Waals surface area contributed by atoms with Gasteiger partial charge in [-0.05, 0) is 73.2 Å². The van der Waals surface area contributed by atoms with E-state index in [-0.39, 0.29) is 16.5 Å². The molecule has 0 aliphatic heterocycles. The summed E-state index contributed by atoms with van der Waals surface area (Å²) in [5.74, 6) is -0.901. The second kappa shape index (κ2) is 8.00. The molecule has 0 aromatic heterocycles. The summed E-state index contributed by atoms with van der Waals surface area (Å²) in [6, 6.07) is 15.7. The zero-order valence-electron chi connectivity index (χ0n) is 14.7. The second-order valence-electron chi connectivity index (χ2n) is 6.07. The molecule has 0 spiro atoms. The van der Waals surface area contributed by atoms with Crippen LogP contribution in [0.25, 0.3) is 0 Å². The normalized spacial score (nSPS) is 11.1. The molecule has 0 bridgehead atoms. The van der Waals surface area contributed by atoms with Crippen LogP contribution in [0.3, 0.4) is 0 Å². The van der Waals surface area contributed by atoms with Gasteiger partial charge in [-0.1, -0.05) is 17.7 Å². The Morgan fingerprint density at radius 3 is 2.21 bits per heavy atom. The number of benzene rings is 3. The Morgan fingerprint density at radius 2 is 1.61 bits per heavy atom. The third kappa shape index (κ3) is 4.68. The molecule has 2 N–H and O–H groups in total. The maximum absolute atomic E-state index is 13.0. The highest BCUT2D eigenvalue weighted by Crippen LogP contribution is 2.24. The minimum absolute atomic E-state index is 0.0651. The summed E-state index contributed by atoms with van der Waals surface area (Å²) in [5, 5.41) is 3.14. The van der Waals surface area contributed by atoms with Gasteiger partial charge in [0.1, 0.15) is 5.82 Å². The van der Waals surface area contributed by atoms with Crippen molar-refractivity contribution in [3.8, 4) is 0 Å². The number of aryl methyl sites for hydroxylation is 1. The quantitative estimate of drug-likeness (QED) is 0.622. The maximum Gasteiger partial charge on any atom is 0.261 e. The van der Waals surface area contributed by atoms with Gasteiger partial charge >= 0.3 is 0 Å². The molecule has 0 saturated carbocycles. The lowest BCUT2D eigenvalue weighted by Gasteiger charge is -2.10. The molecule has 3 rings (SSSR count). The highest BCUT2D eigenvalue weighted by atomic mass is 35.5. The van der Waals surface area contributed by atoms with Crippen LogP contribution in [-0.4, -0.2) is 14.3 Å². The molecule has 0 heterocycles. The Kier molecular flexibility index (Phi) is 5.67. The summed E-state index contributed by atoms with van der Waals surface area (Å²) in [6.45, 7) is 1.89. The molecule has 8 heteroatoms. The molecule has 144 valence electrons. The summed E-state index contributed by atoms with van der Waals surface area (Å²) in [5.41, 5.74) is 2.06. The standard InChI is InChI=1S/C20H16ClFN2O3S/c1-13-2-11-19(18(21)12-13)23-20(25)14-3-7-16(8-4-14)24-28(26,27)17-9-5-15(22)6-10-17/h2-12,24H,1H3,(H,23,25). The van der Waals surface area contributed by atoms with Crippen LogP contribution in [0.5, 0.6) is 0 Å². The molecular formula is C20H16ClFN2O3S. The van der Waals surface area contributed by atoms with Gasteiger partial charge in [-0.3, -0.25) is 9.52 Å². The van der Waals surface area contributed by atoms with Crippen LogP contribution in [0.4, 0.5) is 15.8 Å². The number of anilines is 2. The highest BCUT2D eigenvalue weighted by Gasteiger charge is 2.15. The first-order chi connectivity index (χ1) is 13.2. The lowest BCUT2D eigenvalue weighted by Crippen LogP contribution is -2.14. The van der Waals surface area contributed by atoms with Gasteiger partial charge in [-0.2, -0.15) is 0 Å². The molecule has 0 radical (unpaired) electrons. The van der Waals surface area contributed by atoms with Gasteiger partial charge in [0.2, 0.25) is 0 Å². The molecule has 3 aromatic rings. The molecule has 5 nitrogen and oxygen atoms in total. The van der Waals surface area contributed by atoms with Crippen molar-refractivity contribution >= 4 is 38.9 Å². The van der Waals surface area contributed by atoms with E-state index in [1.807, 2.05) is 13.0 Å². The number of carbonyl (C=O) groups is 1. The van der Waals surface area contributed by atoms with E-state index in [9.17, 15) is 17.6 Å². The van der Waals surface area contributed by atoms with Crippen molar-refractivity contribution in [3.05, 3.63) is 88.7 Å². The zero-order chi connectivity index (χ0) is 20.3. The number of carbonyl (C=O) groups excluding carboxylic acids is 1. The van der Waals surface area contributed by atoms with Gasteiger partial charge in [0.25, 0.3) is 15.9 Å². The van der Waals surface area contributed by atoms with E-state index in [4.69, 9.17) is 11.6 Å². The Bertz CT molecular complexity index is 1120. The average Bonchev–Trinajstić information content (AvgIpc) is 2.64. The highest BCUT2D eigenvalue weighted by molar-refractivity contribution is 7.92. The molecule has 0 unspecified atom stereocenters. The largest absolute Gasteiger partial charge is 0.321 e. The van der Waals surface area contributed by atoms with Crippen molar-refractivity contribution in [2.75, 3.05) is 10.0 Å². The molecule has 0 atom stereocenters. The smallest absolute Gasteiger partial charge is 0.261 e. The van der Waals surface area contributed by atoms with E-state index in [2.05, 4.69) is 10.0 Å². The van der Waals surface area contributed by atoms with Crippen LogP contribution in [0.15, 0.2) is 71.6 Å². The van der Waals surface area contributed by atoms with Crippen LogP contribution < -0.4 is 10.0 Å². The Labute approximate surface area is 167 Å². The molecule has 3 aromatic carbocycles.